The fraction of sp³-hybridized carbons (Fsp3) is 0.176. The molecule has 0 bridgehead atoms. The molecule has 0 fully saturated rings. The first kappa shape index (κ1) is 13.4. The Morgan fingerprint density at radius 1 is 1.05 bits per heavy atom. The second-order valence-electron chi connectivity index (χ2n) is 4.47. The Balaban J connectivity index is 1.93. The summed E-state index contributed by atoms with van der Waals surface area (Å²) in [5, 5.41) is 0. The topological polar surface area (TPSA) is 35.2 Å². The Labute approximate surface area is 114 Å². The minimum absolute atomic E-state index is 0.0145. The first-order valence-corrected chi connectivity index (χ1v) is 6.43. The lowest BCUT2D eigenvalue weighted by atomic mass is 10.0. The van der Waals surface area contributed by atoms with Crippen molar-refractivity contribution in [3.05, 3.63) is 78.4 Å². The van der Waals surface area contributed by atoms with Crippen molar-refractivity contribution < 1.29 is 4.74 Å². The zero-order chi connectivity index (χ0) is 13.5. The summed E-state index contributed by atoms with van der Waals surface area (Å²) < 4.78 is 5.73. The minimum atomic E-state index is 0.0145. The van der Waals surface area contributed by atoms with Crippen LogP contribution in [0, 0.1) is 0 Å². The summed E-state index contributed by atoms with van der Waals surface area (Å²) in [5.74, 6) is 0.860. The van der Waals surface area contributed by atoms with Crippen LogP contribution in [-0.2, 0) is 6.61 Å². The third kappa shape index (κ3) is 3.97. The van der Waals surface area contributed by atoms with Gasteiger partial charge in [-0.3, -0.25) is 0 Å². The van der Waals surface area contributed by atoms with Crippen molar-refractivity contribution >= 4 is 0 Å². The van der Waals surface area contributed by atoms with Crippen LogP contribution in [0.3, 0.4) is 0 Å². The lowest BCUT2D eigenvalue weighted by Gasteiger charge is -2.11. The van der Waals surface area contributed by atoms with Crippen molar-refractivity contribution in [2.24, 2.45) is 5.73 Å². The van der Waals surface area contributed by atoms with Crippen LogP contribution in [0.25, 0.3) is 0 Å². The highest BCUT2D eigenvalue weighted by atomic mass is 16.5. The van der Waals surface area contributed by atoms with E-state index in [0.717, 1.165) is 23.3 Å². The zero-order valence-electron chi connectivity index (χ0n) is 11.0. The van der Waals surface area contributed by atoms with Gasteiger partial charge in [-0.25, -0.2) is 0 Å². The Morgan fingerprint density at radius 2 is 1.74 bits per heavy atom. The monoisotopic (exact) mass is 253 g/mol. The van der Waals surface area contributed by atoms with Crippen LogP contribution >= 0.6 is 0 Å². The summed E-state index contributed by atoms with van der Waals surface area (Å²) in [6, 6.07) is 18.1. The van der Waals surface area contributed by atoms with E-state index in [-0.39, 0.29) is 6.04 Å². The summed E-state index contributed by atoms with van der Waals surface area (Å²) in [5.41, 5.74) is 8.27. The molecule has 0 aliphatic carbocycles. The van der Waals surface area contributed by atoms with Gasteiger partial charge in [-0.1, -0.05) is 48.5 Å². The number of hydrogen-bond donors (Lipinski definition) is 1. The van der Waals surface area contributed by atoms with Crippen molar-refractivity contribution in [1.29, 1.82) is 0 Å². The fourth-order valence-corrected chi connectivity index (χ4v) is 1.87. The molecular formula is C17H19NO. The fourth-order valence-electron chi connectivity index (χ4n) is 1.87. The van der Waals surface area contributed by atoms with Gasteiger partial charge < -0.3 is 10.5 Å². The molecule has 0 radical (unpaired) electrons. The molecule has 2 aromatic carbocycles. The molecule has 0 aromatic heterocycles. The summed E-state index contributed by atoms with van der Waals surface area (Å²) in [7, 11) is 0. The van der Waals surface area contributed by atoms with Crippen molar-refractivity contribution in [3.63, 3.8) is 0 Å². The molecule has 0 aliphatic rings. The van der Waals surface area contributed by atoms with Gasteiger partial charge in [0.15, 0.2) is 0 Å². The molecule has 2 rings (SSSR count). The predicted molar refractivity (Wildman–Crippen MR) is 79.0 cm³/mol. The van der Waals surface area contributed by atoms with Gasteiger partial charge in [-0.2, -0.15) is 0 Å². The van der Waals surface area contributed by atoms with E-state index in [9.17, 15) is 0 Å². The Morgan fingerprint density at radius 3 is 2.37 bits per heavy atom. The van der Waals surface area contributed by atoms with Crippen LogP contribution in [0.4, 0.5) is 0 Å². The van der Waals surface area contributed by atoms with E-state index in [1.54, 1.807) is 0 Å². The van der Waals surface area contributed by atoms with Gasteiger partial charge in [0.1, 0.15) is 12.4 Å². The average Bonchev–Trinajstić information content (AvgIpc) is 2.47. The smallest absolute Gasteiger partial charge is 0.119 e. The van der Waals surface area contributed by atoms with Crippen LogP contribution in [0.2, 0.25) is 0 Å². The highest BCUT2D eigenvalue weighted by molar-refractivity contribution is 5.29. The van der Waals surface area contributed by atoms with Gasteiger partial charge in [0.05, 0.1) is 0 Å². The number of ether oxygens (including phenoxy) is 1. The highest BCUT2D eigenvalue weighted by Crippen LogP contribution is 2.19. The van der Waals surface area contributed by atoms with Crippen molar-refractivity contribution in [2.75, 3.05) is 0 Å². The maximum absolute atomic E-state index is 6.01. The minimum Gasteiger partial charge on any atom is -0.489 e. The molecular weight excluding hydrogens is 234 g/mol. The molecule has 0 amide bonds. The van der Waals surface area contributed by atoms with Gasteiger partial charge in [-0.15, -0.1) is 6.58 Å². The second kappa shape index (κ2) is 6.76. The van der Waals surface area contributed by atoms with Crippen LogP contribution in [-0.4, -0.2) is 0 Å². The molecule has 19 heavy (non-hydrogen) atoms. The SMILES string of the molecule is C=CCC(N)c1ccc(OCc2ccccc2)cc1. The molecule has 0 spiro atoms. The molecule has 0 heterocycles. The maximum atomic E-state index is 6.01. The lowest BCUT2D eigenvalue weighted by Crippen LogP contribution is -2.08. The van der Waals surface area contributed by atoms with E-state index in [1.807, 2.05) is 60.7 Å². The van der Waals surface area contributed by atoms with Crippen molar-refractivity contribution in [1.82, 2.24) is 0 Å². The zero-order valence-corrected chi connectivity index (χ0v) is 11.0. The molecule has 1 atom stereocenters. The second-order valence-corrected chi connectivity index (χ2v) is 4.47. The summed E-state index contributed by atoms with van der Waals surface area (Å²) >= 11 is 0. The third-order valence-electron chi connectivity index (χ3n) is 2.98. The highest BCUT2D eigenvalue weighted by Gasteiger charge is 2.03. The van der Waals surface area contributed by atoms with Gasteiger partial charge in [0.25, 0.3) is 0 Å². The molecule has 98 valence electrons. The quantitative estimate of drug-likeness (QED) is 0.794. The van der Waals surface area contributed by atoms with Gasteiger partial charge in [0, 0.05) is 6.04 Å². The molecule has 2 aromatic rings. The summed E-state index contributed by atoms with van der Waals surface area (Å²) in [6.07, 6.45) is 2.62. The van der Waals surface area contributed by atoms with E-state index >= 15 is 0 Å². The van der Waals surface area contributed by atoms with E-state index in [4.69, 9.17) is 10.5 Å². The largest absolute Gasteiger partial charge is 0.489 e. The summed E-state index contributed by atoms with van der Waals surface area (Å²) in [4.78, 5) is 0. The van der Waals surface area contributed by atoms with Crippen LogP contribution in [0.5, 0.6) is 5.75 Å². The molecule has 2 heteroatoms. The third-order valence-corrected chi connectivity index (χ3v) is 2.98. The number of nitrogens with two attached hydrogens (primary N) is 1. The predicted octanol–water partition coefficient (Wildman–Crippen LogP) is 3.84. The van der Waals surface area contributed by atoms with Crippen molar-refractivity contribution in [2.45, 2.75) is 19.1 Å². The Bertz CT molecular complexity index is 505. The standard InChI is InChI=1S/C17H19NO/c1-2-6-17(18)15-9-11-16(12-10-15)19-13-14-7-4-3-5-8-14/h2-5,7-12,17H,1,6,13,18H2. The van der Waals surface area contributed by atoms with Crippen LogP contribution < -0.4 is 10.5 Å². The number of rotatable bonds is 6. The molecule has 0 aliphatic heterocycles. The van der Waals surface area contributed by atoms with E-state index in [1.165, 1.54) is 0 Å². The first-order valence-electron chi connectivity index (χ1n) is 6.43. The van der Waals surface area contributed by atoms with Gasteiger partial charge >= 0.3 is 0 Å². The van der Waals surface area contributed by atoms with E-state index in [0.29, 0.717) is 6.61 Å². The number of hydrogen-bond acceptors (Lipinski definition) is 2. The molecule has 2 nitrogen and oxygen atoms in total. The number of benzene rings is 2. The van der Waals surface area contributed by atoms with Crippen molar-refractivity contribution in [3.8, 4) is 5.75 Å². The molecule has 0 saturated carbocycles. The molecule has 0 saturated heterocycles. The molecule has 2 N–H and O–H groups in total. The van der Waals surface area contributed by atoms with Gasteiger partial charge in [0.2, 0.25) is 0 Å². The van der Waals surface area contributed by atoms with E-state index in [2.05, 4.69) is 6.58 Å². The summed E-state index contributed by atoms with van der Waals surface area (Å²) in [6.45, 7) is 4.28. The Hall–Kier alpha value is -2.06. The first-order chi connectivity index (χ1) is 9.29. The van der Waals surface area contributed by atoms with Crippen LogP contribution in [0.1, 0.15) is 23.6 Å². The normalized spacial score (nSPS) is 11.8. The Kier molecular flexibility index (Phi) is 4.76. The average molecular weight is 253 g/mol. The lowest BCUT2D eigenvalue weighted by molar-refractivity contribution is 0.306. The van der Waals surface area contributed by atoms with Crippen LogP contribution in [0.15, 0.2) is 67.3 Å². The maximum Gasteiger partial charge on any atom is 0.119 e. The van der Waals surface area contributed by atoms with Gasteiger partial charge in [-0.05, 0) is 29.7 Å². The molecule has 1 unspecified atom stereocenters. The van der Waals surface area contributed by atoms with E-state index < -0.39 is 0 Å².